The maximum absolute atomic E-state index is 13.6. The van der Waals surface area contributed by atoms with Gasteiger partial charge in [-0.2, -0.15) is 0 Å². The van der Waals surface area contributed by atoms with E-state index in [9.17, 15) is 9.59 Å². The summed E-state index contributed by atoms with van der Waals surface area (Å²) >= 11 is 3.02. The Morgan fingerprint density at radius 1 is 1.19 bits per heavy atom. The van der Waals surface area contributed by atoms with Crippen LogP contribution in [0.5, 0.6) is 0 Å². The van der Waals surface area contributed by atoms with Gasteiger partial charge < -0.3 is 5.32 Å². The summed E-state index contributed by atoms with van der Waals surface area (Å²) in [6.07, 6.45) is 3.11. The lowest BCUT2D eigenvalue weighted by Gasteiger charge is -2.21. The standard InChI is InChI=1S/C24H29N3O2S2/c1-14(2)13-27-23(29)19-17-11-8-12-18(17)30-22(19)26-24(27)31-20(21(28)25-15(3)4)16-9-6-5-7-10-16/h5-7,9-10,14-15,20H,8,11-13H2,1-4H3,(H,25,28). The van der Waals surface area contributed by atoms with E-state index in [-0.39, 0.29) is 17.5 Å². The zero-order chi connectivity index (χ0) is 22.1. The highest BCUT2D eigenvalue weighted by Crippen LogP contribution is 2.39. The molecule has 5 nitrogen and oxygen atoms in total. The summed E-state index contributed by atoms with van der Waals surface area (Å²) in [5, 5.41) is 3.98. The summed E-state index contributed by atoms with van der Waals surface area (Å²) in [7, 11) is 0. The number of aromatic nitrogens is 2. The third kappa shape index (κ3) is 4.58. The average molecular weight is 456 g/mol. The second-order valence-electron chi connectivity index (χ2n) is 8.81. The van der Waals surface area contributed by atoms with Crippen molar-refractivity contribution in [2.45, 2.75) is 70.0 Å². The SMILES string of the molecule is CC(C)Cn1c(SC(C(=O)NC(C)C)c2ccccc2)nc2sc3c(c2c1=O)CCC3. The molecule has 0 fully saturated rings. The zero-order valence-electron chi connectivity index (χ0n) is 18.5. The van der Waals surface area contributed by atoms with Crippen molar-refractivity contribution in [3.63, 3.8) is 0 Å². The van der Waals surface area contributed by atoms with E-state index < -0.39 is 5.25 Å². The minimum absolute atomic E-state index is 0.0351. The molecule has 7 heteroatoms. The van der Waals surface area contributed by atoms with Crippen LogP contribution in [0.4, 0.5) is 0 Å². The van der Waals surface area contributed by atoms with Crippen molar-refractivity contribution in [1.29, 1.82) is 0 Å². The van der Waals surface area contributed by atoms with Crippen molar-refractivity contribution in [1.82, 2.24) is 14.9 Å². The van der Waals surface area contributed by atoms with Crippen molar-refractivity contribution < 1.29 is 4.79 Å². The van der Waals surface area contributed by atoms with E-state index >= 15 is 0 Å². The topological polar surface area (TPSA) is 64.0 Å². The lowest BCUT2D eigenvalue weighted by atomic mass is 10.1. The number of fused-ring (bicyclic) bond motifs is 3. The highest BCUT2D eigenvalue weighted by Gasteiger charge is 2.28. The monoisotopic (exact) mass is 455 g/mol. The number of aryl methyl sites for hydroxylation is 2. The Hall–Kier alpha value is -2.12. The van der Waals surface area contributed by atoms with Gasteiger partial charge in [-0.25, -0.2) is 4.98 Å². The van der Waals surface area contributed by atoms with Gasteiger partial charge >= 0.3 is 0 Å². The van der Waals surface area contributed by atoms with E-state index in [1.807, 2.05) is 44.2 Å². The van der Waals surface area contributed by atoms with Gasteiger partial charge in [0.2, 0.25) is 5.91 Å². The number of thiophene rings is 1. The van der Waals surface area contributed by atoms with Crippen LogP contribution in [0.3, 0.4) is 0 Å². The van der Waals surface area contributed by atoms with Crippen molar-refractivity contribution in [3.8, 4) is 0 Å². The molecule has 31 heavy (non-hydrogen) atoms. The van der Waals surface area contributed by atoms with Crippen LogP contribution >= 0.6 is 23.1 Å². The van der Waals surface area contributed by atoms with Gasteiger partial charge in [-0.15, -0.1) is 11.3 Å². The molecule has 0 bridgehead atoms. The minimum Gasteiger partial charge on any atom is -0.353 e. The van der Waals surface area contributed by atoms with Gasteiger partial charge in [-0.1, -0.05) is 55.9 Å². The summed E-state index contributed by atoms with van der Waals surface area (Å²) in [6.45, 7) is 8.70. The quantitative estimate of drug-likeness (QED) is 0.404. The fraction of sp³-hybridized carbons (Fsp3) is 0.458. The largest absolute Gasteiger partial charge is 0.353 e. The molecule has 1 aliphatic carbocycles. The fourth-order valence-corrected chi connectivity index (χ4v) is 6.46. The third-order valence-electron chi connectivity index (χ3n) is 5.33. The number of nitrogens with one attached hydrogen (secondary N) is 1. The molecular weight excluding hydrogens is 426 g/mol. The van der Waals surface area contributed by atoms with Gasteiger partial charge in [0.15, 0.2) is 5.16 Å². The number of carbonyl (C=O) groups is 1. The molecule has 2 heterocycles. The molecule has 0 saturated heterocycles. The molecule has 2 aromatic heterocycles. The van der Waals surface area contributed by atoms with Crippen molar-refractivity contribution in [2.75, 3.05) is 0 Å². The average Bonchev–Trinajstić information content (AvgIpc) is 3.29. The predicted octanol–water partition coefficient (Wildman–Crippen LogP) is 4.96. The van der Waals surface area contributed by atoms with Gasteiger partial charge in [-0.05, 0) is 50.2 Å². The molecule has 1 unspecified atom stereocenters. The van der Waals surface area contributed by atoms with Crippen LogP contribution in [0.1, 0.15) is 55.4 Å². The highest BCUT2D eigenvalue weighted by atomic mass is 32.2. The normalized spacial score (nSPS) is 14.4. The molecule has 4 rings (SSSR count). The van der Waals surface area contributed by atoms with Gasteiger partial charge in [0, 0.05) is 17.5 Å². The van der Waals surface area contributed by atoms with E-state index in [2.05, 4.69) is 19.2 Å². The Balaban J connectivity index is 1.82. The number of carbonyl (C=O) groups excluding carboxylic acids is 1. The Labute approximate surface area is 191 Å². The molecule has 1 aromatic carbocycles. The predicted molar refractivity (Wildman–Crippen MR) is 129 cm³/mol. The first kappa shape index (κ1) is 22.1. The number of amides is 1. The Morgan fingerprint density at radius 3 is 2.61 bits per heavy atom. The molecule has 1 atom stereocenters. The van der Waals surface area contributed by atoms with Crippen LogP contribution in [0, 0.1) is 5.92 Å². The van der Waals surface area contributed by atoms with E-state index in [1.165, 1.54) is 22.2 Å². The third-order valence-corrected chi connectivity index (χ3v) is 7.76. The Morgan fingerprint density at radius 2 is 1.94 bits per heavy atom. The van der Waals surface area contributed by atoms with Crippen LogP contribution in [-0.4, -0.2) is 21.5 Å². The summed E-state index contributed by atoms with van der Waals surface area (Å²) in [5.41, 5.74) is 2.14. The Kier molecular flexibility index (Phi) is 6.53. The van der Waals surface area contributed by atoms with E-state index in [4.69, 9.17) is 4.98 Å². The molecule has 1 N–H and O–H groups in total. The van der Waals surface area contributed by atoms with Crippen molar-refractivity contribution >= 4 is 39.2 Å². The van der Waals surface area contributed by atoms with E-state index in [1.54, 1.807) is 15.9 Å². The molecule has 1 amide bonds. The first-order valence-electron chi connectivity index (χ1n) is 10.9. The Bertz CT molecular complexity index is 1150. The fourth-order valence-electron chi connectivity index (χ4n) is 4.04. The smallest absolute Gasteiger partial charge is 0.263 e. The molecule has 0 spiro atoms. The molecule has 164 valence electrons. The second-order valence-corrected chi connectivity index (χ2v) is 11.0. The summed E-state index contributed by atoms with van der Waals surface area (Å²) in [5.74, 6) is 0.230. The van der Waals surface area contributed by atoms with Crippen LogP contribution < -0.4 is 10.9 Å². The number of hydrogen-bond acceptors (Lipinski definition) is 5. The number of hydrogen-bond donors (Lipinski definition) is 1. The van der Waals surface area contributed by atoms with Crippen LogP contribution in [0.2, 0.25) is 0 Å². The molecule has 0 radical (unpaired) electrons. The van der Waals surface area contributed by atoms with Gasteiger partial charge in [-0.3, -0.25) is 14.2 Å². The molecule has 1 aliphatic rings. The zero-order valence-corrected chi connectivity index (χ0v) is 20.1. The van der Waals surface area contributed by atoms with E-state index in [0.717, 1.165) is 35.0 Å². The number of benzene rings is 1. The summed E-state index contributed by atoms with van der Waals surface area (Å²) in [4.78, 5) is 33.8. The first-order chi connectivity index (χ1) is 14.8. The van der Waals surface area contributed by atoms with Gasteiger partial charge in [0.1, 0.15) is 10.1 Å². The lowest BCUT2D eigenvalue weighted by Crippen LogP contribution is -2.34. The summed E-state index contributed by atoms with van der Waals surface area (Å²) < 4.78 is 1.79. The van der Waals surface area contributed by atoms with Gasteiger partial charge in [0.25, 0.3) is 5.56 Å². The van der Waals surface area contributed by atoms with Gasteiger partial charge in [0.05, 0.1) is 5.39 Å². The molecule has 0 aliphatic heterocycles. The molecule has 0 saturated carbocycles. The maximum atomic E-state index is 13.6. The van der Waals surface area contributed by atoms with Crippen molar-refractivity contribution in [3.05, 3.63) is 56.7 Å². The number of thioether (sulfide) groups is 1. The van der Waals surface area contributed by atoms with Crippen molar-refractivity contribution in [2.24, 2.45) is 5.92 Å². The molecular formula is C24H29N3O2S2. The minimum atomic E-state index is -0.474. The lowest BCUT2D eigenvalue weighted by molar-refractivity contribution is -0.121. The number of rotatable bonds is 7. The summed E-state index contributed by atoms with van der Waals surface area (Å²) in [6, 6.07) is 9.77. The van der Waals surface area contributed by atoms with Crippen LogP contribution in [0.25, 0.3) is 10.2 Å². The highest BCUT2D eigenvalue weighted by molar-refractivity contribution is 8.00. The first-order valence-corrected chi connectivity index (χ1v) is 12.6. The van der Waals surface area contributed by atoms with Crippen LogP contribution in [-0.2, 0) is 24.2 Å². The maximum Gasteiger partial charge on any atom is 0.263 e. The molecule has 3 aromatic rings. The van der Waals surface area contributed by atoms with E-state index in [0.29, 0.717) is 17.6 Å². The second kappa shape index (κ2) is 9.17. The van der Waals surface area contributed by atoms with Crippen LogP contribution in [0.15, 0.2) is 40.3 Å². The number of nitrogens with zero attached hydrogens (tertiary/aromatic N) is 2.